The molecule has 3 aromatic rings. The maximum absolute atomic E-state index is 13.7. The lowest BCUT2D eigenvalue weighted by atomic mass is 10.1. The van der Waals surface area contributed by atoms with Gasteiger partial charge in [-0.05, 0) is 43.5 Å². The van der Waals surface area contributed by atoms with Gasteiger partial charge in [0.15, 0.2) is 0 Å². The number of hydrogen-bond donors (Lipinski definition) is 1. The summed E-state index contributed by atoms with van der Waals surface area (Å²) in [6.45, 7) is 5.35. The average molecular weight is 392 g/mol. The van der Waals surface area contributed by atoms with Crippen LogP contribution in [0.25, 0.3) is 0 Å². The van der Waals surface area contributed by atoms with E-state index in [1.54, 1.807) is 23.1 Å². The zero-order valence-corrected chi connectivity index (χ0v) is 16.7. The molecule has 6 heteroatoms. The highest BCUT2D eigenvalue weighted by atomic mass is 19.1. The first kappa shape index (κ1) is 20.5. The Morgan fingerprint density at radius 2 is 1.79 bits per heavy atom. The highest BCUT2D eigenvalue weighted by Crippen LogP contribution is 2.12. The second-order valence-electron chi connectivity index (χ2n) is 6.79. The Balaban J connectivity index is 1.68. The topological polar surface area (TPSA) is 58.1 Å². The van der Waals surface area contributed by atoms with E-state index in [1.807, 2.05) is 50.2 Å². The van der Waals surface area contributed by atoms with Crippen LogP contribution in [-0.4, -0.2) is 33.9 Å². The predicted octanol–water partition coefficient (Wildman–Crippen LogP) is 4.24. The summed E-state index contributed by atoms with van der Waals surface area (Å²) < 4.78 is 13.7. The average Bonchev–Trinajstić information content (AvgIpc) is 2.73. The van der Waals surface area contributed by atoms with Gasteiger partial charge in [-0.1, -0.05) is 48.5 Å². The van der Waals surface area contributed by atoms with Crippen molar-refractivity contribution in [1.29, 1.82) is 0 Å². The molecule has 0 saturated carbocycles. The van der Waals surface area contributed by atoms with Crippen molar-refractivity contribution in [1.82, 2.24) is 14.9 Å². The van der Waals surface area contributed by atoms with Crippen LogP contribution < -0.4 is 5.32 Å². The molecule has 0 atom stereocenters. The van der Waals surface area contributed by atoms with Gasteiger partial charge in [-0.25, -0.2) is 14.4 Å². The molecule has 0 bridgehead atoms. The van der Waals surface area contributed by atoms with Crippen LogP contribution in [0, 0.1) is 12.7 Å². The first-order valence-electron chi connectivity index (χ1n) is 9.73. The van der Waals surface area contributed by atoms with E-state index in [0.29, 0.717) is 49.0 Å². The number of aryl methyl sites for hydroxylation is 1. The molecule has 150 valence electrons. The van der Waals surface area contributed by atoms with E-state index in [1.165, 1.54) is 6.07 Å². The normalized spacial score (nSPS) is 10.6. The fraction of sp³-hybridized carbons (Fsp3) is 0.261. The molecule has 0 radical (unpaired) electrons. The van der Waals surface area contributed by atoms with Crippen molar-refractivity contribution in [2.45, 2.75) is 26.8 Å². The molecule has 3 rings (SSSR count). The predicted molar refractivity (Wildman–Crippen MR) is 112 cm³/mol. The van der Waals surface area contributed by atoms with Crippen LogP contribution in [0.4, 0.5) is 10.3 Å². The van der Waals surface area contributed by atoms with Gasteiger partial charge in [-0.15, -0.1) is 0 Å². The standard InChI is InChI=1S/C23H25FN4O/c1-3-28(16-18-9-5-4-6-10-18)22(29)21-15-17(2)26-23(27-21)25-14-13-19-11-7-8-12-20(19)24/h4-12,15H,3,13-14,16H2,1-2H3,(H,25,26,27). The lowest BCUT2D eigenvalue weighted by Gasteiger charge is -2.21. The van der Waals surface area contributed by atoms with Crippen LogP contribution in [0.1, 0.15) is 34.2 Å². The fourth-order valence-corrected chi connectivity index (χ4v) is 3.06. The van der Waals surface area contributed by atoms with Crippen LogP contribution in [0.2, 0.25) is 0 Å². The van der Waals surface area contributed by atoms with Gasteiger partial charge < -0.3 is 10.2 Å². The molecule has 1 aromatic heterocycles. The Morgan fingerprint density at radius 3 is 2.52 bits per heavy atom. The number of anilines is 1. The molecule has 0 aliphatic rings. The molecule has 1 N–H and O–H groups in total. The Bertz CT molecular complexity index is 962. The molecular weight excluding hydrogens is 367 g/mol. The van der Waals surface area contributed by atoms with E-state index in [4.69, 9.17) is 0 Å². The maximum atomic E-state index is 13.7. The summed E-state index contributed by atoms with van der Waals surface area (Å²) in [6, 6.07) is 18.2. The molecule has 5 nitrogen and oxygen atoms in total. The van der Waals surface area contributed by atoms with Gasteiger partial charge in [-0.3, -0.25) is 4.79 Å². The molecule has 0 unspecified atom stereocenters. The molecule has 2 aromatic carbocycles. The number of carbonyl (C=O) groups is 1. The van der Waals surface area contributed by atoms with Gasteiger partial charge in [0.05, 0.1) is 0 Å². The Hall–Kier alpha value is -3.28. The van der Waals surface area contributed by atoms with E-state index in [-0.39, 0.29) is 11.7 Å². The molecule has 0 spiro atoms. The van der Waals surface area contributed by atoms with Gasteiger partial charge in [0.2, 0.25) is 5.95 Å². The van der Waals surface area contributed by atoms with Crippen LogP contribution in [0.15, 0.2) is 60.7 Å². The van der Waals surface area contributed by atoms with Crippen molar-refractivity contribution in [3.05, 3.63) is 89.0 Å². The quantitative estimate of drug-likeness (QED) is 0.623. The van der Waals surface area contributed by atoms with Crippen LogP contribution in [-0.2, 0) is 13.0 Å². The number of nitrogens with zero attached hydrogens (tertiary/aromatic N) is 3. The Labute approximate surface area is 170 Å². The molecule has 0 fully saturated rings. The number of amides is 1. The summed E-state index contributed by atoms with van der Waals surface area (Å²) in [5.41, 5.74) is 2.75. The van der Waals surface area contributed by atoms with Gasteiger partial charge in [-0.2, -0.15) is 0 Å². The summed E-state index contributed by atoms with van der Waals surface area (Å²) >= 11 is 0. The smallest absolute Gasteiger partial charge is 0.272 e. The molecular formula is C23H25FN4O. The van der Waals surface area contributed by atoms with E-state index >= 15 is 0 Å². The number of rotatable bonds is 8. The Morgan fingerprint density at radius 1 is 1.07 bits per heavy atom. The second-order valence-corrected chi connectivity index (χ2v) is 6.79. The van der Waals surface area contributed by atoms with Gasteiger partial charge >= 0.3 is 0 Å². The van der Waals surface area contributed by atoms with Crippen molar-refractivity contribution >= 4 is 11.9 Å². The first-order chi connectivity index (χ1) is 14.1. The SMILES string of the molecule is CCN(Cc1ccccc1)C(=O)c1cc(C)nc(NCCc2ccccc2F)n1. The van der Waals surface area contributed by atoms with E-state index in [9.17, 15) is 9.18 Å². The minimum absolute atomic E-state index is 0.140. The lowest BCUT2D eigenvalue weighted by Crippen LogP contribution is -2.31. The summed E-state index contributed by atoms with van der Waals surface area (Å²) in [6.07, 6.45) is 0.502. The third-order valence-corrected chi connectivity index (χ3v) is 4.59. The van der Waals surface area contributed by atoms with Crippen molar-refractivity contribution in [3.8, 4) is 0 Å². The minimum atomic E-state index is -0.227. The molecule has 1 heterocycles. The number of halogens is 1. The minimum Gasteiger partial charge on any atom is -0.354 e. The highest BCUT2D eigenvalue weighted by Gasteiger charge is 2.17. The molecule has 29 heavy (non-hydrogen) atoms. The van der Waals surface area contributed by atoms with Crippen molar-refractivity contribution in [3.63, 3.8) is 0 Å². The van der Waals surface area contributed by atoms with E-state index in [2.05, 4.69) is 15.3 Å². The van der Waals surface area contributed by atoms with Gasteiger partial charge in [0.1, 0.15) is 11.5 Å². The largest absolute Gasteiger partial charge is 0.354 e. The fourth-order valence-electron chi connectivity index (χ4n) is 3.06. The zero-order chi connectivity index (χ0) is 20.6. The number of hydrogen-bond acceptors (Lipinski definition) is 4. The third-order valence-electron chi connectivity index (χ3n) is 4.59. The monoisotopic (exact) mass is 392 g/mol. The van der Waals surface area contributed by atoms with Gasteiger partial charge in [0.25, 0.3) is 5.91 Å². The highest BCUT2D eigenvalue weighted by molar-refractivity contribution is 5.92. The lowest BCUT2D eigenvalue weighted by molar-refractivity contribution is 0.0746. The second kappa shape index (κ2) is 9.78. The molecule has 1 amide bonds. The van der Waals surface area contributed by atoms with Crippen molar-refractivity contribution < 1.29 is 9.18 Å². The summed E-state index contributed by atoms with van der Waals surface area (Å²) in [4.78, 5) is 23.5. The molecule has 0 aliphatic heterocycles. The number of aromatic nitrogens is 2. The number of carbonyl (C=O) groups excluding carboxylic acids is 1. The third kappa shape index (κ3) is 5.60. The summed E-state index contributed by atoms with van der Waals surface area (Å²) in [5.74, 6) is 0.00860. The van der Waals surface area contributed by atoms with Crippen LogP contribution >= 0.6 is 0 Å². The molecule has 0 aliphatic carbocycles. The van der Waals surface area contributed by atoms with Crippen molar-refractivity contribution in [2.75, 3.05) is 18.4 Å². The van der Waals surface area contributed by atoms with Gasteiger partial charge in [0, 0.05) is 25.3 Å². The number of benzene rings is 2. The van der Waals surface area contributed by atoms with E-state index < -0.39 is 0 Å². The van der Waals surface area contributed by atoms with Crippen LogP contribution in [0.3, 0.4) is 0 Å². The summed E-state index contributed by atoms with van der Waals surface area (Å²) in [5, 5.41) is 3.10. The van der Waals surface area contributed by atoms with Crippen LogP contribution in [0.5, 0.6) is 0 Å². The molecule has 0 saturated heterocycles. The van der Waals surface area contributed by atoms with E-state index in [0.717, 1.165) is 5.56 Å². The number of nitrogens with one attached hydrogen (secondary N) is 1. The maximum Gasteiger partial charge on any atom is 0.272 e. The van der Waals surface area contributed by atoms with Crippen molar-refractivity contribution in [2.24, 2.45) is 0 Å². The zero-order valence-electron chi connectivity index (χ0n) is 16.7. The summed E-state index contributed by atoms with van der Waals surface area (Å²) in [7, 11) is 0. The first-order valence-corrected chi connectivity index (χ1v) is 9.73. The Kier molecular flexibility index (Phi) is 6.89.